The number of morpholine rings is 1. The Labute approximate surface area is 224 Å². The highest BCUT2D eigenvalue weighted by atomic mass is 16.5. The summed E-state index contributed by atoms with van der Waals surface area (Å²) < 4.78 is 13.8. The van der Waals surface area contributed by atoms with Crippen LogP contribution in [0.1, 0.15) is 16.8 Å². The van der Waals surface area contributed by atoms with Crippen molar-refractivity contribution < 1.29 is 14.6 Å². The van der Waals surface area contributed by atoms with Crippen LogP contribution in [0.4, 0.5) is 0 Å². The third-order valence-corrected chi connectivity index (χ3v) is 6.77. The van der Waals surface area contributed by atoms with Crippen LogP contribution in [-0.2, 0) is 17.8 Å². The predicted octanol–water partition coefficient (Wildman–Crippen LogP) is 4.67. The zero-order chi connectivity index (χ0) is 26.2. The van der Waals surface area contributed by atoms with Crippen LogP contribution in [-0.4, -0.2) is 70.2 Å². The van der Waals surface area contributed by atoms with Crippen LogP contribution in [0.2, 0.25) is 0 Å². The van der Waals surface area contributed by atoms with Gasteiger partial charge in [0.2, 0.25) is 5.88 Å². The van der Waals surface area contributed by atoms with E-state index in [1.807, 2.05) is 78.3 Å². The van der Waals surface area contributed by atoms with E-state index in [4.69, 9.17) is 14.6 Å². The lowest BCUT2D eigenvalue weighted by atomic mass is 10.1. The molecule has 1 N–H and O–H groups in total. The molecule has 1 aliphatic rings. The molecule has 0 radical (unpaired) electrons. The second kappa shape index (κ2) is 12.8. The van der Waals surface area contributed by atoms with Crippen molar-refractivity contribution >= 4 is 0 Å². The summed E-state index contributed by atoms with van der Waals surface area (Å²) in [6.07, 6.45) is -0.486. The van der Waals surface area contributed by atoms with Crippen molar-refractivity contribution in [1.29, 1.82) is 0 Å². The first-order valence-corrected chi connectivity index (χ1v) is 13.3. The number of hydrogen-bond donors (Lipinski definition) is 1. The summed E-state index contributed by atoms with van der Waals surface area (Å²) in [4.78, 5) is 4.56. The quantitative estimate of drug-likeness (QED) is 0.315. The third-order valence-electron chi connectivity index (χ3n) is 6.77. The Hall–Kier alpha value is -3.49. The smallest absolute Gasteiger partial charge is 0.227 e. The Morgan fingerprint density at radius 3 is 2.21 bits per heavy atom. The minimum absolute atomic E-state index is 0.486. The van der Waals surface area contributed by atoms with Crippen LogP contribution in [0.15, 0.2) is 91.0 Å². The summed E-state index contributed by atoms with van der Waals surface area (Å²) in [5.74, 6) is 1.45. The van der Waals surface area contributed by atoms with E-state index in [1.54, 1.807) is 0 Å². The molecule has 4 aromatic rings. The number of β-amino-alcohol motifs (C(OH)–C–C–N with tert-alkyl or cyclic N) is 1. The minimum Gasteiger partial charge on any atom is -0.439 e. The topological polar surface area (TPSA) is 63.0 Å². The standard InChI is InChI=1S/C31H36N4O3/c1-25-30(31(38-29-15-9-4-10-16-29)35(32-25)27-13-7-3-8-14-27)24-34(21-26-11-5-2-6-12-26)23-28(36)22-33-17-19-37-20-18-33/h2-16,28,36H,17-24H2,1H3. The Kier molecular flexibility index (Phi) is 8.83. The Morgan fingerprint density at radius 2 is 1.53 bits per heavy atom. The lowest BCUT2D eigenvalue weighted by Crippen LogP contribution is -2.44. The van der Waals surface area contributed by atoms with Crippen LogP contribution in [0, 0.1) is 6.92 Å². The van der Waals surface area contributed by atoms with Gasteiger partial charge in [0, 0.05) is 39.3 Å². The van der Waals surface area contributed by atoms with E-state index in [9.17, 15) is 5.11 Å². The third kappa shape index (κ3) is 6.88. The number of rotatable bonds is 11. The van der Waals surface area contributed by atoms with Crippen molar-refractivity contribution in [2.24, 2.45) is 0 Å². The molecule has 1 fully saturated rings. The summed E-state index contributed by atoms with van der Waals surface area (Å²) in [6.45, 7) is 7.64. The molecule has 2 heterocycles. The largest absolute Gasteiger partial charge is 0.439 e. The highest BCUT2D eigenvalue weighted by Crippen LogP contribution is 2.32. The second-order valence-corrected chi connectivity index (χ2v) is 9.75. The second-order valence-electron chi connectivity index (χ2n) is 9.75. The monoisotopic (exact) mass is 512 g/mol. The van der Waals surface area contributed by atoms with Crippen LogP contribution < -0.4 is 4.74 Å². The molecule has 5 rings (SSSR count). The first-order valence-electron chi connectivity index (χ1n) is 13.3. The highest BCUT2D eigenvalue weighted by molar-refractivity contribution is 5.43. The van der Waals surface area contributed by atoms with Crippen LogP contribution in [0.3, 0.4) is 0 Å². The van der Waals surface area contributed by atoms with Gasteiger partial charge in [-0.25, -0.2) is 4.68 Å². The molecule has 7 heteroatoms. The molecule has 1 aliphatic heterocycles. The minimum atomic E-state index is -0.486. The van der Waals surface area contributed by atoms with Crippen LogP contribution in [0.5, 0.6) is 11.6 Å². The maximum Gasteiger partial charge on any atom is 0.227 e. The molecule has 1 aromatic heterocycles. The SMILES string of the molecule is Cc1nn(-c2ccccc2)c(Oc2ccccc2)c1CN(Cc1ccccc1)CC(O)CN1CCOCC1. The van der Waals surface area contributed by atoms with Gasteiger partial charge in [-0.05, 0) is 36.8 Å². The van der Waals surface area contributed by atoms with Gasteiger partial charge >= 0.3 is 0 Å². The molecule has 1 atom stereocenters. The predicted molar refractivity (Wildman–Crippen MR) is 149 cm³/mol. The average Bonchev–Trinajstić information content (AvgIpc) is 3.25. The molecule has 0 spiro atoms. The summed E-state index contributed by atoms with van der Waals surface area (Å²) in [6, 6.07) is 30.3. The van der Waals surface area contributed by atoms with E-state index in [0.717, 1.165) is 49.0 Å². The zero-order valence-corrected chi connectivity index (χ0v) is 21.9. The Balaban J connectivity index is 1.44. The van der Waals surface area contributed by atoms with Crippen LogP contribution >= 0.6 is 0 Å². The fourth-order valence-corrected chi connectivity index (χ4v) is 4.86. The molecular formula is C31H36N4O3. The van der Waals surface area contributed by atoms with E-state index in [-0.39, 0.29) is 0 Å². The van der Waals surface area contributed by atoms with E-state index in [1.165, 1.54) is 5.56 Å². The lowest BCUT2D eigenvalue weighted by Gasteiger charge is -2.31. The number of hydrogen-bond acceptors (Lipinski definition) is 6. The number of aliphatic hydroxyl groups is 1. The van der Waals surface area contributed by atoms with Crippen molar-refractivity contribution in [3.05, 3.63) is 108 Å². The molecular weight excluding hydrogens is 476 g/mol. The van der Waals surface area contributed by atoms with Crippen LogP contribution in [0.25, 0.3) is 5.69 Å². The maximum absolute atomic E-state index is 11.1. The van der Waals surface area contributed by atoms with Gasteiger partial charge < -0.3 is 14.6 Å². The van der Waals surface area contributed by atoms with Gasteiger partial charge in [-0.2, -0.15) is 5.10 Å². The molecule has 0 saturated carbocycles. The molecule has 0 amide bonds. The molecule has 198 valence electrons. The molecule has 3 aromatic carbocycles. The summed E-state index contributed by atoms with van der Waals surface area (Å²) in [7, 11) is 0. The Bertz CT molecular complexity index is 1260. The number of benzene rings is 3. The fraction of sp³-hybridized carbons (Fsp3) is 0.323. The van der Waals surface area contributed by atoms with E-state index < -0.39 is 6.10 Å². The summed E-state index contributed by atoms with van der Waals surface area (Å²) in [5.41, 5.74) is 4.05. The zero-order valence-electron chi connectivity index (χ0n) is 21.9. The van der Waals surface area contributed by atoms with E-state index in [0.29, 0.717) is 32.1 Å². The summed E-state index contributed by atoms with van der Waals surface area (Å²) in [5, 5.41) is 16.0. The van der Waals surface area contributed by atoms with Crippen molar-refractivity contribution in [3.8, 4) is 17.3 Å². The fourth-order valence-electron chi connectivity index (χ4n) is 4.86. The first-order chi connectivity index (χ1) is 18.7. The van der Waals surface area contributed by atoms with Gasteiger partial charge in [-0.15, -0.1) is 0 Å². The molecule has 0 bridgehead atoms. The van der Waals surface area contributed by atoms with Crippen molar-refractivity contribution in [1.82, 2.24) is 19.6 Å². The number of nitrogens with zero attached hydrogens (tertiary/aromatic N) is 4. The van der Waals surface area contributed by atoms with E-state index >= 15 is 0 Å². The molecule has 0 aliphatic carbocycles. The number of aromatic nitrogens is 2. The number of para-hydroxylation sites is 2. The van der Waals surface area contributed by atoms with Crippen molar-refractivity contribution in [3.63, 3.8) is 0 Å². The first kappa shape index (κ1) is 26.1. The van der Waals surface area contributed by atoms with Gasteiger partial charge in [0.1, 0.15) is 5.75 Å². The normalized spacial score (nSPS) is 15.0. The highest BCUT2D eigenvalue weighted by Gasteiger charge is 2.24. The van der Waals surface area contributed by atoms with Gasteiger partial charge in [0.15, 0.2) is 0 Å². The van der Waals surface area contributed by atoms with Gasteiger partial charge in [-0.1, -0.05) is 66.7 Å². The lowest BCUT2D eigenvalue weighted by molar-refractivity contribution is 0.00550. The summed E-state index contributed by atoms with van der Waals surface area (Å²) >= 11 is 0. The number of aliphatic hydroxyl groups excluding tert-OH is 1. The van der Waals surface area contributed by atoms with Crippen molar-refractivity contribution in [2.75, 3.05) is 39.4 Å². The molecule has 38 heavy (non-hydrogen) atoms. The molecule has 7 nitrogen and oxygen atoms in total. The van der Waals surface area contributed by atoms with Gasteiger partial charge in [-0.3, -0.25) is 9.80 Å². The van der Waals surface area contributed by atoms with Gasteiger partial charge in [0.25, 0.3) is 0 Å². The van der Waals surface area contributed by atoms with Gasteiger partial charge in [0.05, 0.1) is 36.3 Å². The number of aryl methyl sites for hydroxylation is 1. The van der Waals surface area contributed by atoms with E-state index in [2.05, 4.69) is 34.1 Å². The van der Waals surface area contributed by atoms with Crippen molar-refractivity contribution in [2.45, 2.75) is 26.1 Å². The average molecular weight is 513 g/mol. The Morgan fingerprint density at radius 1 is 0.895 bits per heavy atom. The number of ether oxygens (including phenoxy) is 2. The molecule has 1 saturated heterocycles. The maximum atomic E-state index is 11.1. The molecule has 1 unspecified atom stereocenters.